The molecular formula is C9H11ClN4O3. The van der Waals surface area contributed by atoms with Gasteiger partial charge in [-0.05, 0) is 12.1 Å². The minimum Gasteiger partial charge on any atom is -0.502 e. The van der Waals surface area contributed by atoms with Crippen molar-refractivity contribution in [2.24, 2.45) is 4.99 Å². The van der Waals surface area contributed by atoms with Crippen LogP contribution in [0.15, 0.2) is 23.2 Å². The Labute approximate surface area is 103 Å². The summed E-state index contributed by atoms with van der Waals surface area (Å²) in [6.07, 6.45) is 0. The van der Waals surface area contributed by atoms with Crippen LogP contribution in [-0.2, 0) is 0 Å². The van der Waals surface area contributed by atoms with Gasteiger partial charge in [-0.15, -0.1) is 12.4 Å². The van der Waals surface area contributed by atoms with Crippen LogP contribution in [0.5, 0.6) is 5.75 Å². The molecule has 0 bridgehead atoms. The van der Waals surface area contributed by atoms with Crippen molar-refractivity contribution >= 4 is 29.7 Å². The number of nitrogens with one attached hydrogen (secondary N) is 2. The van der Waals surface area contributed by atoms with Crippen molar-refractivity contribution in [1.29, 1.82) is 0 Å². The number of guanidine groups is 1. The summed E-state index contributed by atoms with van der Waals surface area (Å²) in [6.45, 7) is 1.55. The Hall–Kier alpha value is -2.02. The van der Waals surface area contributed by atoms with Gasteiger partial charge >= 0.3 is 5.69 Å². The molecule has 0 saturated carbocycles. The van der Waals surface area contributed by atoms with Crippen LogP contribution in [0.25, 0.3) is 0 Å². The monoisotopic (exact) mass is 258 g/mol. The third kappa shape index (κ3) is 2.97. The second kappa shape index (κ2) is 5.35. The van der Waals surface area contributed by atoms with Crippen LogP contribution in [0, 0.1) is 10.1 Å². The van der Waals surface area contributed by atoms with Gasteiger partial charge in [0, 0.05) is 19.2 Å². The Morgan fingerprint density at radius 1 is 1.35 bits per heavy atom. The van der Waals surface area contributed by atoms with E-state index in [4.69, 9.17) is 0 Å². The van der Waals surface area contributed by atoms with Crippen molar-refractivity contribution in [3.05, 3.63) is 28.3 Å². The quantitative estimate of drug-likeness (QED) is 0.541. The minimum atomic E-state index is -0.644. The number of aliphatic imine (C=N–C) groups is 1. The molecule has 7 nitrogen and oxygen atoms in total. The zero-order valence-electron chi connectivity index (χ0n) is 8.71. The van der Waals surface area contributed by atoms with E-state index in [1.165, 1.54) is 18.2 Å². The minimum absolute atomic E-state index is 0. The number of phenolic OH excluding ortho intramolecular Hbond substituents is 1. The normalized spacial score (nSPS) is 13.3. The summed E-state index contributed by atoms with van der Waals surface area (Å²) in [5.41, 5.74) is 0.0706. The molecule has 1 aromatic rings. The van der Waals surface area contributed by atoms with Crippen LogP contribution in [0.4, 0.5) is 11.4 Å². The van der Waals surface area contributed by atoms with Crippen molar-refractivity contribution < 1.29 is 10.0 Å². The number of nitrogens with zero attached hydrogens (tertiary/aromatic N) is 2. The summed E-state index contributed by atoms with van der Waals surface area (Å²) in [4.78, 5) is 14.1. The average molecular weight is 259 g/mol. The molecule has 0 spiro atoms. The zero-order valence-corrected chi connectivity index (χ0v) is 9.53. The lowest BCUT2D eigenvalue weighted by Crippen LogP contribution is -2.23. The largest absolute Gasteiger partial charge is 0.502 e. The van der Waals surface area contributed by atoms with Gasteiger partial charge in [0.25, 0.3) is 0 Å². The van der Waals surface area contributed by atoms with E-state index in [0.29, 0.717) is 11.6 Å². The number of halogens is 1. The molecular weight excluding hydrogens is 248 g/mol. The maximum Gasteiger partial charge on any atom is 0.312 e. The van der Waals surface area contributed by atoms with Crippen molar-refractivity contribution in [3.8, 4) is 5.75 Å². The molecule has 0 atom stereocenters. The number of phenols is 1. The van der Waals surface area contributed by atoms with Gasteiger partial charge in [-0.2, -0.15) is 0 Å². The highest BCUT2D eigenvalue weighted by atomic mass is 35.5. The first-order valence-electron chi connectivity index (χ1n) is 4.70. The highest BCUT2D eigenvalue weighted by Crippen LogP contribution is 2.29. The SMILES string of the molecule is Cl.O=[N+]([O-])c1cc(N=C2NCCN2)ccc1O. The molecule has 0 aliphatic carbocycles. The van der Waals surface area contributed by atoms with Crippen LogP contribution >= 0.6 is 12.4 Å². The summed E-state index contributed by atoms with van der Waals surface area (Å²) >= 11 is 0. The van der Waals surface area contributed by atoms with Gasteiger partial charge in [0.2, 0.25) is 0 Å². The van der Waals surface area contributed by atoms with Gasteiger partial charge in [0.05, 0.1) is 10.6 Å². The molecule has 0 amide bonds. The average Bonchev–Trinajstić information content (AvgIpc) is 2.73. The summed E-state index contributed by atoms with van der Waals surface area (Å²) < 4.78 is 0. The lowest BCUT2D eigenvalue weighted by atomic mass is 10.2. The van der Waals surface area contributed by atoms with Gasteiger partial charge in [0.1, 0.15) is 0 Å². The van der Waals surface area contributed by atoms with E-state index in [1.807, 2.05) is 0 Å². The number of hydrogen-bond donors (Lipinski definition) is 3. The lowest BCUT2D eigenvalue weighted by molar-refractivity contribution is -0.385. The van der Waals surface area contributed by atoms with Gasteiger partial charge in [-0.25, -0.2) is 4.99 Å². The van der Waals surface area contributed by atoms with Gasteiger partial charge in [0.15, 0.2) is 11.7 Å². The number of benzene rings is 1. The lowest BCUT2D eigenvalue weighted by Gasteiger charge is -2.00. The molecule has 1 aromatic carbocycles. The first-order chi connectivity index (χ1) is 7.66. The second-order valence-corrected chi connectivity index (χ2v) is 3.24. The number of hydrogen-bond acceptors (Lipinski definition) is 4. The second-order valence-electron chi connectivity index (χ2n) is 3.24. The van der Waals surface area contributed by atoms with Crippen LogP contribution < -0.4 is 10.6 Å². The topological polar surface area (TPSA) is 99.8 Å². The molecule has 1 saturated heterocycles. The molecule has 2 rings (SSSR count). The van der Waals surface area contributed by atoms with E-state index in [1.54, 1.807) is 0 Å². The molecule has 8 heteroatoms. The van der Waals surface area contributed by atoms with E-state index < -0.39 is 4.92 Å². The van der Waals surface area contributed by atoms with E-state index >= 15 is 0 Å². The fourth-order valence-corrected chi connectivity index (χ4v) is 1.36. The number of nitro benzene ring substituents is 1. The molecule has 17 heavy (non-hydrogen) atoms. The highest BCUT2D eigenvalue weighted by Gasteiger charge is 2.14. The number of rotatable bonds is 2. The molecule has 0 unspecified atom stereocenters. The van der Waals surface area contributed by atoms with Gasteiger partial charge in [-0.3, -0.25) is 10.1 Å². The Balaban J connectivity index is 0.00000144. The summed E-state index contributed by atoms with van der Waals surface area (Å²) in [7, 11) is 0. The number of aromatic hydroxyl groups is 1. The van der Waals surface area contributed by atoms with Gasteiger partial charge < -0.3 is 15.7 Å². The molecule has 92 valence electrons. The molecule has 1 heterocycles. The Kier molecular flexibility index (Phi) is 4.11. The van der Waals surface area contributed by atoms with E-state index in [-0.39, 0.29) is 23.8 Å². The van der Waals surface area contributed by atoms with Crippen molar-refractivity contribution in [2.75, 3.05) is 13.1 Å². The first kappa shape index (κ1) is 13.0. The molecule has 1 fully saturated rings. The molecule has 1 aliphatic heterocycles. The van der Waals surface area contributed by atoms with Crippen LogP contribution in [0.1, 0.15) is 0 Å². The van der Waals surface area contributed by atoms with Crippen LogP contribution in [-0.4, -0.2) is 29.1 Å². The van der Waals surface area contributed by atoms with Crippen molar-refractivity contribution in [3.63, 3.8) is 0 Å². The molecule has 1 aliphatic rings. The van der Waals surface area contributed by atoms with E-state index in [0.717, 1.165) is 13.1 Å². The molecule has 0 radical (unpaired) electrons. The summed E-state index contributed by atoms with van der Waals surface area (Å²) in [5.74, 6) is 0.223. The summed E-state index contributed by atoms with van der Waals surface area (Å²) in [5, 5.41) is 25.8. The molecule has 3 N–H and O–H groups in total. The fourth-order valence-electron chi connectivity index (χ4n) is 1.36. The Bertz CT molecular complexity index is 456. The first-order valence-corrected chi connectivity index (χ1v) is 4.70. The smallest absolute Gasteiger partial charge is 0.312 e. The summed E-state index contributed by atoms with van der Waals surface area (Å²) in [6, 6.07) is 3.99. The van der Waals surface area contributed by atoms with Crippen molar-refractivity contribution in [2.45, 2.75) is 0 Å². The third-order valence-corrected chi connectivity index (χ3v) is 2.11. The molecule has 0 aromatic heterocycles. The maximum absolute atomic E-state index is 10.6. The van der Waals surface area contributed by atoms with Gasteiger partial charge in [-0.1, -0.05) is 0 Å². The Morgan fingerprint density at radius 3 is 2.59 bits per heavy atom. The predicted octanol–water partition coefficient (Wildman–Crippen LogP) is 0.902. The van der Waals surface area contributed by atoms with Crippen LogP contribution in [0.3, 0.4) is 0 Å². The highest BCUT2D eigenvalue weighted by molar-refractivity contribution is 5.85. The maximum atomic E-state index is 10.6. The van der Waals surface area contributed by atoms with Crippen LogP contribution in [0.2, 0.25) is 0 Å². The van der Waals surface area contributed by atoms with Crippen molar-refractivity contribution in [1.82, 2.24) is 10.6 Å². The predicted molar refractivity (Wildman–Crippen MR) is 65.1 cm³/mol. The van der Waals surface area contributed by atoms with E-state index in [2.05, 4.69) is 15.6 Å². The number of nitro groups is 1. The fraction of sp³-hybridized carbons (Fsp3) is 0.222. The third-order valence-electron chi connectivity index (χ3n) is 2.11. The zero-order chi connectivity index (χ0) is 11.5. The van der Waals surface area contributed by atoms with E-state index in [9.17, 15) is 15.2 Å². The Morgan fingerprint density at radius 2 is 2.00 bits per heavy atom. The standard InChI is InChI=1S/C9H10N4O3.ClH/c14-8-2-1-6(5-7(8)13(15)16)12-9-10-3-4-11-9;/h1-2,5,14H,3-4H2,(H2,10,11,12);1H.